The summed E-state index contributed by atoms with van der Waals surface area (Å²) < 4.78 is 0. The van der Waals surface area contributed by atoms with E-state index in [2.05, 4.69) is 5.16 Å². The van der Waals surface area contributed by atoms with Crippen LogP contribution in [-0.2, 0) is 4.79 Å². The number of unbranched alkanes of at least 4 members (excludes halogenated alkanes) is 1. The third kappa shape index (κ3) is 7.14. The topological polar surface area (TPSA) is 49.7 Å². The molecule has 0 saturated carbocycles. The van der Waals surface area contributed by atoms with Gasteiger partial charge in [-0.1, -0.05) is 0 Å². The Hall–Kier alpha value is -0.860. The minimum atomic E-state index is 0.182. The summed E-state index contributed by atoms with van der Waals surface area (Å²) in [6.45, 7) is 1.55. The maximum Gasteiger partial charge on any atom is 0.129 e. The first-order valence-electron chi connectivity index (χ1n) is 2.92. The molecule has 0 aliphatic carbocycles. The molecule has 0 unspecified atom stereocenters. The molecule has 3 nitrogen and oxygen atoms in total. The highest BCUT2D eigenvalue weighted by Crippen LogP contribution is 1.92. The predicted molar refractivity (Wildman–Crippen MR) is 34.8 cm³/mol. The van der Waals surface area contributed by atoms with Crippen molar-refractivity contribution in [3.8, 4) is 0 Å². The summed E-state index contributed by atoms with van der Waals surface area (Å²) in [4.78, 5) is 10.3. The van der Waals surface area contributed by atoms with E-state index in [0.29, 0.717) is 12.8 Å². The molecule has 0 radical (unpaired) electrons. The summed E-state index contributed by atoms with van der Waals surface area (Å²) in [5.74, 6) is 0.182. The Morgan fingerprint density at radius 1 is 1.78 bits per heavy atom. The molecule has 0 amide bonds. The molecule has 0 aromatic carbocycles. The Kier molecular flexibility index (Phi) is 4.78. The molecular weight excluding hydrogens is 118 g/mol. The summed E-state index contributed by atoms with van der Waals surface area (Å²) in [6, 6.07) is 0. The molecule has 0 aliphatic rings. The molecule has 0 bridgehead atoms. The molecule has 0 fully saturated rings. The molecule has 0 saturated heterocycles. The quantitative estimate of drug-likeness (QED) is 0.268. The number of hydrogen-bond acceptors (Lipinski definition) is 3. The van der Waals surface area contributed by atoms with Crippen LogP contribution in [0.25, 0.3) is 0 Å². The van der Waals surface area contributed by atoms with Crippen molar-refractivity contribution >= 4 is 12.0 Å². The van der Waals surface area contributed by atoms with Crippen molar-refractivity contribution in [3.63, 3.8) is 0 Å². The van der Waals surface area contributed by atoms with Crippen LogP contribution in [0.15, 0.2) is 5.16 Å². The molecule has 0 rings (SSSR count). The third-order valence-corrected chi connectivity index (χ3v) is 0.944. The molecule has 0 aromatic heterocycles. The van der Waals surface area contributed by atoms with E-state index in [1.54, 1.807) is 6.92 Å². The highest BCUT2D eigenvalue weighted by molar-refractivity contribution is 5.75. The van der Waals surface area contributed by atoms with Crippen molar-refractivity contribution in [2.45, 2.75) is 26.2 Å². The number of oxime groups is 1. The van der Waals surface area contributed by atoms with Gasteiger partial charge in [-0.3, -0.25) is 0 Å². The summed E-state index contributed by atoms with van der Waals surface area (Å²) in [5.41, 5.74) is 0. The number of carbonyl (C=O) groups is 1. The van der Waals surface area contributed by atoms with E-state index < -0.39 is 0 Å². The van der Waals surface area contributed by atoms with Crippen LogP contribution in [-0.4, -0.2) is 17.2 Å². The Balaban J connectivity index is 3.01. The largest absolute Gasteiger partial charge is 0.411 e. The number of Topliss-reactive ketones (excluding diaryl/α,β-unsaturated/α-hetero) is 1. The normalized spacial score (nSPS) is 10.3. The van der Waals surface area contributed by atoms with Crippen LogP contribution in [0, 0.1) is 0 Å². The van der Waals surface area contributed by atoms with Crippen molar-refractivity contribution in [2.24, 2.45) is 5.16 Å². The van der Waals surface area contributed by atoms with E-state index in [-0.39, 0.29) is 5.78 Å². The van der Waals surface area contributed by atoms with Gasteiger partial charge in [-0.2, -0.15) is 0 Å². The fourth-order valence-electron chi connectivity index (χ4n) is 0.500. The van der Waals surface area contributed by atoms with Crippen molar-refractivity contribution in [1.29, 1.82) is 0 Å². The molecular formula is C6H11NO2. The van der Waals surface area contributed by atoms with Crippen LogP contribution < -0.4 is 0 Å². The third-order valence-electron chi connectivity index (χ3n) is 0.944. The lowest BCUT2D eigenvalue weighted by molar-refractivity contribution is -0.117. The molecule has 9 heavy (non-hydrogen) atoms. The standard InChI is InChI=1S/C6H11NO2/c1-6(8)4-2-3-5-7-9/h5,9H,2-4H2,1H3. The second kappa shape index (κ2) is 5.28. The van der Waals surface area contributed by atoms with E-state index in [0.717, 1.165) is 6.42 Å². The van der Waals surface area contributed by atoms with Crippen molar-refractivity contribution in [2.75, 3.05) is 0 Å². The molecule has 0 heterocycles. The molecule has 0 aliphatic heterocycles. The van der Waals surface area contributed by atoms with Gasteiger partial charge in [0.25, 0.3) is 0 Å². The lowest BCUT2D eigenvalue weighted by Crippen LogP contribution is -1.88. The fourth-order valence-corrected chi connectivity index (χ4v) is 0.500. The fraction of sp³-hybridized carbons (Fsp3) is 0.667. The molecule has 0 spiro atoms. The van der Waals surface area contributed by atoms with Gasteiger partial charge in [0.2, 0.25) is 0 Å². The van der Waals surface area contributed by atoms with Gasteiger partial charge in [0, 0.05) is 12.6 Å². The summed E-state index contributed by atoms with van der Waals surface area (Å²) in [7, 11) is 0. The summed E-state index contributed by atoms with van der Waals surface area (Å²) in [5, 5.41) is 10.7. The number of hydrogen-bond donors (Lipinski definition) is 1. The maximum absolute atomic E-state index is 10.3. The molecule has 0 aromatic rings. The smallest absolute Gasteiger partial charge is 0.129 e. The van der Waals surface area contributed by atoms with Crippen LogP contribution in [0.4, 0.5) is 0 Å². The van der Waals surface area contributed by atoms with Crippen LogP contribution in [0.1, 0.15) is 26.2 Å². The van der Waals surface area contributed by atoms with Gasteiger partial charge in [-0.25, -0.2) is 0 Å². The van der Waals surface area contributed by atoms with Crippen molar-refractivity contribution < 1.29 is 10.0 Å². The number of carbonyl (C=O) groups excluding carboxylic acids is 1. The van der Waals surface area contributed by atoms with Crippen molar-refractivity contribution in [1.82, 2.24) is 0 Å². The average molecular weight is 129 g/mol. The van der Waals surface area contributed by atoms with E-state index in [1.807, 2.05) is 0 Å². The van der Waals surface area contributed by atoms with Gasteiger partial charge in [-0.05, 0) is 19.8 Å². The zero-order chi connectivity index (χ0) is 7.11. The van der Waals surface area contributed by atoms with E-state index in [1.165, 1.54) is 6.21 Å². The van der Waals surface area contributed by atoms with Gasteiger partial charge < -0.3 is 10.0 Å². The number of ketones is 1. The zero-order valence-electron chi connectivity index (χ0n) is 5.50. The van der Waals surface area contributed by atoms with Gasteiger partial charge in [-0.15, -0.1) is 5.16 Å². The van der Waals surface area contributed by atoms with Crippen molar-refractivity contribution in [3.05, 3.63) is 0 Å². The molecule has 1 N–H and O–H groups in total. The summed E-state index contributed by atoms with van der Waals surface area (Å²) >= 11 is 0. The minimum Gasteiger partial charge on any atom is -0.411 e. The van der Waals surface area contributed by atoms with E-state index in [4.69, 9.17) is 5.21 Å². The average Bonchev–Trinajstić information content (AvgIpc) is 1.80. The lowest BCUT2D eigenvalue weighted by atomic mass is 10.2. The number of rotatable bonds is 4. The molecule has 0 atom stereocenters. The summed E-state index contributed by atoms with van der Waals surface area (Å²) in [6.07, 6.45) is 3.42. The second-order valence-electron chi connectivity index (χ2n) is 1.89. The van der Waals surface area contributed by atoms with Crippen LogP contribution in [0.5, 0.6) is 0 Å². The number of nitrogens with zero attached hydrogens (tertiary/aromatic N) is 1. The van der Waals surface area contributed by atoms with Crippen LogP contribution in [0.3, 0.4) is 0 Å². The Morgan fingerprint density at radius 3 is 2.89 bits per heavy atom. The first-order chi connectivity index (χ1) is 4.27. The van der Waals surface area contributed by atoms with E-state index in [9.17, 15) is 4.79 Å². The maximum atomic E-state index is 10.3. The predicted octanol–water partition coefficient (Wildman–Crippen LogP) is 1.21. The second-order valence-corrected chi connectivity index (χ2v) is 1.89. The Labute approximate surface area is 54.4 Å². The zero-order valence-corrected chi connectivity index (χ0v) is 5.50. The molecule has 3 heteroatoms. The van der Waals surface area contributed by atoms with Gasteiger partial charge in [0.1, 0.15) is 5.78 Å². The van der Waals surface area contributed by atoms with Crippen LogP contribution in [0.2, 0.25) is 0 Å². The first-order valence-corrected chi connectivity index (χ1v) is 2.92. The molecule has 52 valence electrons. The monoisotopic (exact) mass is 129 g/mol. The first kappa shape index (κ1) is 8.14. The van der Waals surface area contributed by atoms with Gasteiger partial charge in [0.05, 0.1) is 0 Å². The van der Waals surface area contributed by atoms with E-state index >= 15 is 0 Å². The Morgan fingerprint density at radius 2 is 2.44 bits per heavy atom. The highest BCUT2D eigenvalue weighted by Gasteiger charge is 1.89. The lowest BCUT2D eigenvalue weighted by Gasteiger charge is -1.87. The highest BCUT2D eigenvalue weighted by atomic mass is 16.4. The SMILES string of the molecule is CC(=O)CCCC=NO. The van der Waals surface area contributed by atoms with Gasteiger partial charge >= 0.3 is 0 Å². The van der Waals surface area contributed by atoms with Crippen LogP contribution >= 0.6 is 0 Å². The Bertz CT molecular complexity index is 110. The minimum absolute atomic E-state index is 0.182. The van der Waals surface area contributed by atoms with Gasteiger partial charge in [0.15, 0.2) is 0 Å².